The van der Waals surface area contributed by atoms with E-state index < -0.39 is 5.60 Å². The van der Waals surface area contributed by atoms with Gasteiger partial charge in [0.05, 0.1) is 11.9 Å². The molecule has 4 heteroatoms. The van der Waals surface area contributed by atoms with Crippen molar-refractivity contribution in [2.24, 2.45) is 22.7 Å². The van der Waals surface area contributed by atoms with Gasteiger partial charge in [0, 0.05) is 17.5 Å². The molecule has 1 aromatic heterocycles. The van der Waals surface area contributed by atoms with Crippen LogP contribution in [-0.2, 0) is 0 Å². The van der Waals surface area contributed by atoms with Crippen molar-refractivity contribution in [1.82, 2.24) is 4.90 Å². The van der Waals surface area contributed by atoms with Gasteiger partial charge in [-0.3, -0.25) is 0 Å². The lowest BCUT2D eigenvalue weighted by Gasteiger charge is -2.52. The minimum absolute atomic E-state index is 0.129. The summed E-state index contributed by atoms with van der Waals surface area (Å²) in [5, 5.41) is 12.2. The molecular formula is C29H45NO3. The Morgan fingerprint density at radius 3 is 2.45 bits per heavy atom. The monoisotopic (exact) mass is 455 g/mol. The summed E-state index contributed by atoms with van der Waals surface area (Å²) in [6, 6.07) is 4.26. The highest BCUT2D eigenvalue weighted by molar-refractivity contribution is 5.25. The summed E-state index contributed by atoms with van der Waals surface area (Å²) >= 11 is 0. The predicted octanol–water partition coefficient (Wildman–Crippen LogP) is 6.13. The van der Waals surface area contributed by atoms with E-state index in [1.807, 2.05) is 6.07 Å². The quantitative estimate of drug-likeness (QED) is 0.581. The van der Waals surface area contributed by atoms with Crippen LogP contribution in [0.15, 0.2) is 27.6 Å². The van der Waals surface area contributed by atoms with Gasteiger partial charge in [-0.25, -0.2) is 4.79 Å². The topological polar surface area (TPSA) is 53.7 Å². The number of hydrogen-bond donors (Lipinski definition) is 1. The van der Waals surface area contributed by atoms with Crippen LogP contribution in [0, 0.1) is 22.7 Å². The van der Waals surface area contributed by atoms with Gasteiger partial charge in [-0.1, -0.05) is 27.2 Å². The fourth-order valence-corrected chi connectivity index (χ4v) is 8.63. The molecule has 1 aromatic rings. The van der Waals surface area contributed by atoms with Gasteiger partial charge in [0.2, 0.25) is 0 Å². The van der Waals surface area contributed by atoms with Crippen LogP contribution in [-0.4, -0.2) is 34.7 Å². The average molecular weight is 456 g/mol. The highest BCUT2D eigenvalue weighted by Crippen LogP contribution is 2.64. The van der Waals surface area contributed by atoms with Crippen molar-refractivity contribution < 1.29 is 9.52 Å². The Balaban J connectivity index is 1.29. The van der Waals surface area contributed by atoms with Crippen LogP contribution >= 0.6 is 0 Å². The standard InChI is InChI=1S/C29H45NO3/c1-27(2)15-12-24(30-17-4-5-18-30)19-23(27)10-9-22-7-6-14-28(3)25(13-16-29(22,28)32)21-8-11-26(31)33-20-21/h8,11,20,22-25,32H,4-7,9-10,12-19H2,1-3H3/t22-,23+,24?,25+,28+,29-/m0/s1. The number of nitrogens with zero attached hydrogens (tertiary/aromatic N) is 1. The molecule has 2 heterocycles. The molecule has 0 aromatic carbocycles. The molecule has 6 atom stereocenters. The molecule has 1 unspecified atom stereocenters. The molecular weight excluding hydrogens is 410 g/mol. The summed E-state index contributed by atoms with van der Waals surface area (Å²) in [6.07, 6.45) is 16.2. The van der Waals surface area contributed by atoms with Crippen molar-refractivity contribution in [3.63, 3.8) is 0 Å². The zero-order valence-electron chi connectivity index (χ0n) is 21.2. The fourth-order valence-electron chi connectivity index (χ4n) is 8.63. The van der Waals surface area contributed by atoms with E-state index in [0.29, 0.717) is 11.3 Å². The summed E-state index contributed by atoms with van der Waals surface area (Å²) in [6.45, 7) is 9.91. The molecule has 0 bridgehead atoms. The lowest BCUT2D eigenvalue weighted by molar-refractivity contribution is -0.134. The maximum Gasteiger partial charge on any atom is 0.335 e. The predicted molar refractivity (Wildman–Crippen MR) is 132 cm³/mol. The van der Waals surface area contributed by atoms with E-state index in [1.165, 1.54) is 58.0 Å². The van der Waals surface area contributed by atoms with Crippen LogP contribution in [0.4, 0.5) is 0 Å². The molecule has 3 saturated carbocycles. The zero-order chi connectivity index (χ0) is 23.3. The van der Waals surface area contributed by atoms with Crippen LogP contribution < -0.4 is 5.63 Å². The maximum absolute atomic E-state index is 12.2. The normalized spacial score (nSPS) is 41.2. The van der Waals surface area contributed by atoms with Crippen molar-refractivity contribution in [2.75, 3.05) is 13.1 Å². The Hall–Kier alpha value is -1.13. The number of likely N-dealkylation sites (tertiary alicyclic amines) is 1. The molecule has 1 N–H and O–H groups in total. The molecule has 4 aliphatic rings. The first kappa shape index (κ1) is 23.6. The molecule has 184 valence electrons. The van der Waals surface area contributed by atoms with E-state index in [9.17, 15) is 9.90 Å². The van der Waals surface area contributed by atoms with Crippen molar-refractivity contribution in [3.8, 4) is 0 Å². The Bertz CT molecular complexity index is 867. The molecule has 1 saturated heterocycles. The van der Waals surface area contributed by atoms with Crippen molar-refractivity contribution in [1.29, 1.82) is 0 Å². The summed E-state index contributed by atoms with van der Waals surface area (Å²) in [4.78, 5) is 14.3. The Morgan fingerprint density at radius 1 is 0.970 bits per heavy atom. The largest absolute Gasteiger partial charge is 0.431 e. The SMILES string of the molecule is CC1(C)CCC(N2CCCC2)C[C@H]1CC[C@@H]1CCC[C@]2(C)[C@@H](c3ccc(=O)oc3)CC[C@]12O. The summed E-state index contributed by atoms with van der Waals surface area (Å²) in [5.41, 5.74) is 0.489. The Morgan fingerprint density at radius 2 is 1.73 bits per heavy atom. The number of hydrogen-bond acceptors (Lipinski definition) is 4. The second-order valence-electron chi connectivity index (χ2n) is 12.8. The lowest BCUT2D eigenvalue weighted by atomic mass is 9.56. The van der Waals surface area contributed by atoms with Crippen LogP contribution in [0.25, 0.3) is 0 Å². The van der Waals surface area contributed by atoms with Gasteiger partial charge < -0.3 is 14.4 Å². The van der Waals surface area contributed by atoms with Gasteiger partial charge in [0.15, 0.2) is 0 Å². The minimum Gasteiger partial charge on any atom is -0.431 e. The van der Waals surface area contributed by atoms with Gasteiger partial charge in [0.1, 0.15) is 0 Å². The lowest BCUT2D eigenvalue weighted by Crippen LogP contribution is -2.53. The maximum atomic E-state index is 12.2. The smallest absolute Gasteiger partial charge is 0.335 e. The van der Waals surface area contributed by atoms with Crippen LogP contribution in [0.3, 0.4) is 0 Å². The van der Waals surface area contributed by atoms with Gasteiger partial charge in [-0.15, -0.1) is 0 Å². The van der Waals surface area contributed by atoms with E-state index in [-0.39, 0.29) is 17.0 Å². The molecule has 0 radical (unpaired) electrons. The first-order valence-electron chi connectivity index (χ1n) is 13.8. The molecule has 5 rings (SSSR count). The van der Waals surface area contributed by atoms with E-state index in [1.54, 1.807) is 12.3 Å². The molecule has 1 aliphatic heterocycles. The Labute approximate surface area is 200 Å². The van der Waals surface area contributed by atoms with E-state index in [4.69, 9.17) is 4.42 Å². The average Bonchev–Trinajstić information content (AvgIpc) is 3.40. The summed E-state index contributed by atoms with van der Waals surface area (Å²) in [5.74, 6) is 1.43. The molecule has 0 spiro atoms. The highest BCUT2D eigenvalue weighted by atomic mass is 16.4. The van der Waals surface area contributed by atoms with Gasteiger partial charge in [0.25, 0.3) is 0 Å². The fraction of sp³-hybridized carbons (Fsp3) is 0.828. The van der Waals surface area contributed by atoms with Gasteiger partial charge in [-0.05, 0) is 119 Å². The molecule has 33 heavy (non-hydrogen) atoms. The van der Waals surface area contributed by atoms with E-state index in [0.717, 1.165) is 49.6 Å². The van der Waals surface area contributed by atoms with Crippen molar-refractivity contribution >= 4 is 0 Å². The summed E-state index contributed by atoms with van der Waals surface area (Å²) in [7, 11) is 0. The first-order chi connectivity index (χ1) is 15.7. The number of fused-ring (bicyclic) bond motifs is 1. The van der Waals surface area contributed by atoms with Crippen LogP contribution in [0.1, 0.15) is 109 Å². The summed E-state index contributed by atoms with van der Waals surface area (Å²) < 4.78 is 5.22. The molecule has 3 aliphatic carbocycles. The van der Waals surface area contributed by atoms with Crippen molar-refractivity contribution in [3.05, 3.63) is 34.4 Å². The van der Waals surface area contributed by atoms with Crippen LogP contribution in [0.2, 0.25) is 0 Å². The molecule has 4 fully saturated rings. The third-order valence-corrected chi connectivity index (χ3v) is 10.9. The van der Waals surface area contributed by atoms with Gasteiger partial charge >= 0.3 is 5.63 Å². The number of rotatable bonds is 5. The van der Waals surface area contributed by atoms with Crippen molar-refractivity contribution in [2.45, 2.75) is 115 Å². The first-order valence-corrected chi connectivity index (χ1v) is 13.8. The van der Waals surface area contributed by atoms with Gasteiger partial charge in [-0.2, -0.15) is 0 Å². The zero-order valence-corrected chi connectivity index (χ0v) is 21.2. The minimum atomic E-state index is -0.598. The highest BCUT2D eigenvalue weighted by Gasteiger charge is 2.61. The second-order valence-corrected chi connectivity index (χ2v) is 12.8. The van der Waals surface area contributed by atoms with Crippen LogP contribution in [0.5, 0.6) is 0 Å². The van der Waals surface area contributed by atoms with E-state index >= 15 is 0 Å². The third-order valence-electron chi connectivity index (χ3n) is 10.9. The molecule has 0 amide bonds. The molecule has 4 nitrogen and oxygen atoms in total. The van der Waals surface area contributed by atoms with E-state index in [2.05, 4.69) is 25.7 Å². The Kier molecular flexibility index (Phi) is 6.31. The third kappa shape index (κ3) is 4.14. The second kappa shape index (κ2) is 8.82. The number of aliphatic hydroxyl groups is 1.